The van der Waals surface area contributed by atoms with Gasteiger partial charge in [0, 0.05) is 16.5 Å². The van der Waals surface area contributed by atoms with E-state index in [2.05, 4.69) is 55.4 Å². The van der Waals surface area contributed by atoms with Crippen LogP contribution in [0.25, 0.3) is 0 Å². The fourth-order valence-electron chi connectivity index (χ4n) is 4.89. The molecule has 228 valence electrons. The zero-order valence-corrected chi connectivity index (χ0v) is 27.3. The van der Waals surface area contributed by atoms with Crippen LogP contribution in [-0.2, 0) is 45.2 Å². The molecule has 1 aliphatic rings. The van der Waals surface area contributed by atoms with Crippen molar-refractivity contribution in [2.75, 3.05) is 30.1 Å². The van der Waals surface area contributed by atoms with Gasteiger partial charge in [-0.3, -0.25) is 4.72 Å². The van der Waals surface area contributed by atoms with Crippen LogP contribution >= 0.6 is 23.2 Å². The van der Waals surface area contributed by atoms with Crippen molar-refractivity contribution in [3.05, 3.63) is 75.1 Å². The Morgan fingerprint density at radius 1 is 1.05 bits per heavy atom. The number of aromatic nitrogens is 2. The number of benzene rings is 2. The van der Waals surface area contributed by atoms with Gasteiger partial charge in [-0.2, -0.15) is 0 Å². The predicted octanol–water partition coefficient (Wildman–Crippen LogP) is 6.78. The van der Waals surface area contributed by atoms with Crippen molar-refractivity contribution in [2.24, 2.45) is 0 Å². The Morgan fingerprint density at radius 2 is 1.76 bits per heavy atom. The minimum Gasteiger partial charge on any atom is -0.490 e. The van der Waals surface area contributed by atoms with Crippen molar-refractivity contribution in [1.82, 2.24) is 9.97 Å². The van der Waals surface area contributed by atoms with E-state index in [0.29, 0.717) is 60.0 Å². The summed E-state index contributed by atoms with van der Waals surface area (Å²) < 4.78 is 43.5. The zero-order chi connectivity index (χ0) is 30.7. The van der Waals surface area contributed by atoms with Crippen molar-refractivity contribution < 1.29 is 22.6 Å². The number of anilines is 1. The lowest BCUT2D eigenvalue weighted by atomic mass is 9.74. The van der Waals surface area contributed by atoms with Gasteiger partial charge in [0.1, 0.15) is 24.7 Å². The molecule has 0 fully saturated rings. The Hall–Kier alpha value is -2.59. The standard InChI is InChI=1S/C31H39Cl2N3O5S/c1-7-30(2,3)24-16-21(17-25(33)28(24)40-15-13-32)31(4,5)20-8-10-22(11-9-20)41-19-27-23-12-14-39-18-26(23)34-29(35-27)36-42(6,37)38/h8-11,16-17H,7,12-15,18-19H2,1-6H3,(H,34,35,36). The molecule has 0 aliphatic carbocycles. The highest BCUT2D eigenvalue weighted by Crippen LogP contribution is 2.44. The van der Waals surface area contributed by atoms with Gasteiger partial charge in [0.2, 0.25) is 16.0 Å². The molecular formula is C31H39Cl2N3O5S. The molecule has 0 atom stereocenters. The van der Waals surface area contributed by atoms with Crippen molar-refractivity contribution in [1.29, 1.82) is 0 Å². The first-order valence-corrected chi connectivity index (χ1v) is 16.8. The molecule has 1 aliphatic heterocycles. The second-order valence-electron chi connectivity index (χ2n) is 11.6. The summed E-state index contributed by atoms with van der Waals surface area (Å²) in [6, 6.07) is 12.1. The molecule has 1 aromatic heterocycles. The molecule has 42 heavy (non-hydrogen) atoms. The number of hydrogen-bond donors (Lipinski definition) is 1. The molecule has 4 rings (SSSR count). The van der Waals surface area contributed by atoms with Gasteiger partial charge in [-0.1, -0.05) is 64.4 Å². The van der Waals surface area contributed by atoms with Crippen LogP contribution in [0.3, 0.4) is 0 Å². The van der Waals surface area contributed by atoms with Gasteiger partial charge in [0.05, 0.1) is 41.8 Å². The van der Waals surface area contributed by atoms with Gasteiger partial charge in [-0.15, -0.1) is 11.6 Å². The van der Waals surface area contributed by atoms with Crippen LogP contribution in [0.2, 0.25) is 5.02 Å². The Balaban J connectivity index is 1.58. The highest BCUT2D eigenvalue weighted by molar-refractivity contribution is 7.91. The van der Waals surface area contributed by atoms with Crippen molar-refractivity contribution in [3.8, 4) is 11.5 Å². The summed E-state index contributed by atoms with van der Waals surface area (Å²) >= 11 is 12.7. The number of halogens is 2. The lowest BCUT2D eigenvalue weighted by Crippen LogP contribution is -2.23. The first-order chi connectivity index (χ1) is 19.7. The van der Waals surface area contributed by atoms with Crippen LogP contribution in [0.5, 0.6) is 11.5 Å². The molecule has 0 saturated heterocycles. The van der Waals surface area contributed by atoms with Gasteiger partial charge in [0.25, 0.3) is 0 Å². The Kier molecular flexibility index (Phi) is 9.97. The summed E-state index contributed by atoms with van der Waals surface area (Å²) in [7, 11) is -3.53. The van der Waals surface area contributed by atoms with Crippen LogP contribution < -0.4 is 14.2 Å². The van der Waals surface area contributed by atoms with E-state index in [1.165, 1.54) is 0 Å². The molecule has 3 aromatic rings. The van der Waals surface area contributed by atoms with Crippen molar-refractivity contribution in [2.45, 2.75) is 71.5 Å². The van der Waals surface area contributed by atoms with Crippen molar-refractivity contribution >= 4 is 39.2 Å². The number of nitrogens with zero attached hydrogens (tertiary/aromatic N) is 2. The third kappa shape index (κ3) is 7.48. The largest absolute Gasteiger partial charge is 0.490 e. The van der Waals surface area contributed by atoms with Gasteiger partial charge in [-0.25, -0.2) is 18.4 Å². The highest BCUT2D eigenvalue weighted by Gasteiger charge is 2.30. The number of ether oxygens (including phenoxy) is 3. The first-order valence-electron chi connectivity index (χ1n) is 14.0. The normalized spacial score (nSPS) is 13.9. The number of hydrogen-bond acceptors (Lipinski definition) is 7. The van der Waals surface area contributed by atoms with E-state index in [4.69, 9.17) is 37.4 Å². The molecule has 11 heteroatoms. The Labute approximate surface area is 259 Å². The average Bonchev–Trinajstić information content (AvgIpc) is 2.94. The number of sulfonamides is 1. The fraction of sp³-hybridized carbons (Fsp3) is 0.484. The summed E-state index contributed by atoms with van der Waals surface area (Å²) in [5.74, 6) is 1.76. The highest BCUT2D eigenvalue weighted by atomic mass is 35.5. The molecular weight excluding hydrogens is 597 g/mol. The van der Waals surface area contributed by atoms with Crippen LogP contribution in [0.4, 0.5) is 5.95 Å². The lowest BCUT2D eigenvalue weighted by Gasteiger charge is -2.32. The van der Waals surface area contributed by atoms with E-state index in [1.54, 1.807) is 0 Å². The zero-order valence-electron chi connectivity index (χ0n) is 25.0. The maximum absolute atomic E-state index is 11.8. The van der Waals surface area contributed by atoms with E-state index >= 15 is 0 Å². The van der Waals surface area contributed by atoms with E-state index in [-0.39, 0.29) is 23.4 Å². The van der Waals surface area contributed by atoms with Crippen LogP contribution in [0.1, 0.15) is 74.7 Å². The number of alkyl halides is 1. The topological polar surface area (TPSA) is 99.6 Å². The first kappa shape index (κ1) is 32.3. The predicted molar refractivity (Wildman–Crippen MR) is 168 cm³/mol. The lowest BCUT2D eigenvalue weighted by molar-refractivity contribution is 0.106. The van der Waals surface area contributed by atoms with Crippen molar-refractivity contribution in [3.63, 3.8) is 0 Å². The van der Waals surface area contributed by atoms with E-state index in [9.17, 15) is 8.42 Å². The second kappa shape index (κ2) is 13.0. The minimum atomic E-state index is -3.53. The van der Waals surface area contributed by atoms with Crippen LogP contribution in [0.15, 0.2) is 36.4 Å². The average molecular weight is 637 g/mol. The second-order valence-corrected chi connectivity index (χ2v) is 14.2. The molecule has 0 amide bonds. The van der Waals surface area contributed by atoms with E-state index < -0.39 is 10.0 Å². The molecule has 8 nitrogen and oxygen atoms in total. The number of rotatable bonds is 12. The van der Waals surface area contributed by atoms with Crippen LogP contribution in [-0.4, -0.2) is 43.7 Å². The number of fused-ring (bicyclic) bond motifs is 1. The molecule has 2 aromatic carbocycles. The van der Waals surface area contributed by atoms with Gasteiger partial charge in [0.15, 0.2) is 0 Å². The summed E-state index contributed by atoms with van der Waals surface area (Å²) in [5.41, 5.74) is 4.97. The molecule has 2 heterocycles. The van der Waals surface area contributed by atoms with Crippen LogP contribution in [0, 0.1) is 0 Å². The molecule has 0 spiro atoms. The summed E-state index contributed by atoms with van der Waals surface area (Å²) in [6.07, 6.45) is 2.62. The van der Waals surface area contributed by atoms with Gasteiger partial charge < -0.3 is 14.2 Å². The quantitative estimate of drug-likeness (QED) is 0.219. The molecule has 1 N–H and O–H groups in total. The molecule has 0 radical (unpaired) electrons. The Morgan fingerprint density at radius 3 is 2.40 bits per heavy atom. The summed E-state index contributed by atoms with van der Waals surface area (Å²) in [6.45, 7) is 12.3. The van der Waals surface area contributed by atoms with Gasteiger partial charge in [-0.05, 0) is 47.6 Å². The monoisotopic (exact) mass is 635 g/mol. The van der Waals surface area contributed by atoms with E-state index in [0.717, 1.165) is 34.9 Å². The molecule has 0 unspecified atom stereocenters. The molecule has 0 bridgehead atoms. The third-order valence-electron chi connectivity index (χ3n) is 7.84. The summed E-state index contributed by atoms with van der Waals surface area (Å²) in [4.78, 5) is 8.77. The SMILES string of the molecule is CCC(C)(C)c1cc(C(C)(C)c2ccc(OCc3nc(NS(C)(=O)=O)nc4c3CCOC4)cc2)cc(Cl)c1OCCCl. The van der Waals surface area contributed by atoms with E-state index in [1.807, 2.05) is 30.3 Å². The van der Waals surface area contributed by atoms with Gasteiger partial charge >= 0.3 is 0 Å². The molecule has 0 saturated carbocycles. The summed E-state index contributed by atoms with van der Waals surface area (Å²) in [5, 5.41) is 0.575. The maximum Gasteiger partial charge on any atom is 0.237 e. The third-order valence-corrected chi connectivity index (χ3v) is 8.83. The smallest absolute Gasteiger partial charge is 0.237 e. The Bertz CT molecular complexity index is 1530. The fourth-order valence-corrected chi connectivity index (χ4v) is 5.66. The minimum absolute atomic E-state index is 0.0146. The number of nitrogens with one attached hydrogen (secondary N) is 1. The maximum atomic E-state index is 11.8.